The topological polar surface area (TPSA) is 99.3 Å². The normalized spacial score (nSPS) is 10.4. The summed E-state index contributed by atoms with van der Waals surface area (Å²) < 4.78 is 27.0. The van der Waals surface area contributed by atoms with E-state index in [4.69, 9.17) is 11.6 Å². The fourth-order valence-electron chi connectivity index (χ4n) is 3.18. The smallest absolute Gasteiger partial charge is 0.251 e. The molecule has 3 aromatic rings. The molecule has 36 heavy (non-hydrogen) atoms. The molecule has 0 fully saturated rings. The van der Waals surface area contributed by atoms with Crippen molar-refractivity contribution in [3.63, 3.8) is 0 Å². The Labute approximate surface area is 212 Å². The number of rotatable bonds is 11. The molecule has 0 bridgehead atoms. The molecule has 2 amide bonds. The molecule has 0 spiro atoms. The minimum Gasteiger partial charge on any atom is -0.369 e. The number of hydrogen-bond donors (Lipinski definition) is 3. The lowest BCUT2D eigenvalue weighted by Crippen LogP contribution is -2.26. The summed E-state index contributed by atoms with van der Waals surface area (Å²) in [7, 11) is 1.44. The van der Waals surface area contributed by atoms with Crippen LogP contribution in [-0.2, 0) is 11.5 Å². The first kappa shape index (κ1) is 26.6. The molecule has 188 valence electrons. The maximum Gasteiger partial charge on any atom is 0.251 e. The Balaban J connectivity index is 1.56. The number of carbonyl (C=O) groups is 2. The van der Waals surface area contributed by atoms with E-state index in [0.29, 0.717) is 47.2 Å². The van der Waals surface area contributed by atoms with E-state index in [0.717, 1.165) is 11.0 Å². The molecule has 8 nitrogen and oxygen atoms in total. The van der Waals surface area contributed by atoms with E-state index in [1.807, 2.05) is 0 Å². The molecule has 0 aliphatic heterocycles. The molecule has 0 atom stereocenters. The number of carbonyl (C=O) groups excluding carboxylic acids is 2. The van der Waals surface area contributed by atoms with Gasteiger partial charge in [0.15, 0.2) is 0 Å². The van der Waals surface area contributed by atoms with Gasteiger partial charge in [0.2, 0.25) is 11.9 Å². The van der Waals surface area contributed by atoms with Gasteiger partial charge in [-0.25, -0.2) is 13.8 Å². The van der Waals surface area contributed by atoms with Crippen molar-refractivity contribution in [2.45, 2.75) is 13.1 Å². The standard InChI is InChI=1S/C25H25ClF2N6O2/c1-3-22(35)34(2)21-13-18(8-9-20(21)28)32-25-31-15-19(26)23(33-25)29-10-5-11-30-24(36)17-7-4-6-16(12-17)14-27/h3-4,6-9,12-13,15H,1,5,10-11,14H2,2H3,(H,30,36)(H2,29,31,32,33). The number of anilines is 4. The first-order chi connectivity index (χ1) is 17.3. The number of nitrogens with one attached hydrogen (secondary N) is 3. The van der Waals surface area contributed by atoms with Crippen LogP contribution in [-0.4, -0.2) is 41.9 Å². The monoisotopic (exact) mass is 514 g/mol. The molecular weight excluding hydrogens is 490 g/mol. The van der Waals surface area contributed by atoms with Gasteiger partial charge in [0.1, 0.15) is 23.3 Å². The highest BCUT2D eigenvalue weighted by molar-refractivity contribution is 6.32. The molecule has 0 saturated carbocycles. The fourth-order valence-corrected chi connectivity index (χ4v) is 3.34. The number of alkyl halides is 1. The fraction of sp³-hybridized carbons (Fsp3) is 0.200. The second-order valence-electron chi connectivity index (χ2n) is 7.65. The van der Waals surface area contributed by atoms with Crippen molar-refractivity contribution in [2.24, 2.45) is 0 Å². The minimum atomic E-state index is -0.629. The van der Waals surface area contributed by atoms with E-state index in [9.17, 15) is 18.4 Å². The molecule has 0 unspecified atom stereocenters. The van der Waals surface area contributed by atoms with Crippen LogP contribution in [0.5, 0.6) is 0 Å². The maximum absolute atomic E-state index is 14.2. The predicted molar refractivity (Wildman–Crippen MR) is 137 cm³/mol. The Bertz CT molecular complexity index is 1260. The van der Waals surface area contributed by atoms with Gasteiger partial charge >= 0.3 is 0 Å². The van der Waals surface area contributed by atoms with E-state index in [1.54, 1.807) is 18.2 Å². The largest absolute Gasteiger partial charge is 0.369 e. The van der Waals surface area contributed by atoms with Crippen LogP contribution in [0.15, 0.2) is 61.3 Å². The van der Waals surface area contributed by atoms with E-state index in [-0.39, 0.29) is 17.5 Å². The number of likely N-dealkylation sites (N-methyl/N-ethyl adjacent to an activating group) is 1. The molecule has 1 aromatic heterocycles. The molecule has 11 heteroatoms. The van der Waals surface area contributed by atoms with E-state index >= 15 is 0 Å². The first-order valence-corrected chi connectivity index (χ1v) is 11.4. The van der Waals surface area contributed by atoms with Crippen LogP contribution in [0.1, 0.15) is 22.3 Å². The van der Waals surface area contributed by atoms with Gasteiger partial charge in [-0.05, 0) is 48.4 Å². The van der Waals surface area contributed by atoms with Gasteiger partial charge in [0.05, 0.1) is 11.9 Å². The summed E-state index contributed by atoms with van der Waals surface area (Å²) >= 11 is 6.19. The lowest BCUT2D eigenvalue weighted by atomic mass is 10.1. The minimum absolute atomic E-state index is 0.0654. The molecule has 0 radical (unpaired) electrons. The van der Waals surface area contributed by atoms with Gasteiger partial charge in [0, 0.05) is 31.4 Å². The summed E-state index contributed by atoms with van der Waals surface area (Å²) in [5, 5.41) is 9.12. The summed E-state index contributed by atoms with van der Waals surface area (Å²) in [6.45, 7) is 3.62. The van der Waals surface area contributed by atoms with Gasteiger partial charge < -0.3 is 20.9 Å². The SMILES string of the molecule is C=CC(=O)N(C)c1cc(Nc2ncc(Cl)c(NCCCNC(=O)c3cccc(CF)c3)n2)ccc1F. The van der Waals surface area contributed by atoms with E-state index in [2.05, 4.69) is 32.5 Å². The number of aromatic nitrogens is 2. The van der Waals surface area contributed by atoms with Gasteiger partial charge in [-0.3, -0.25) is 9.59 Å². The average Bonchev–Trinajstić information content (AvgIpc) is 2.90. The number of nitrogens with zero attached hydrogens (tertiary/aromatic N) is 3. The number of halogens is 3. The predicted octanol–water partition coefficient (Wildman–Crippen LogP) is 4.86. The molecular formula is C25H25ClF2N6O2. The van der Waals surface area contributed by atoms with Crippen molar-refractivity contribution in [2.75, 3.05) is 35.7 Å². The quantitative estimate of drug-likeness (QED) is 0.249. The third kappa shape index (κ3) is 6.98. The Hall–Kier alpha value is -4.05. The van der Waals surface area contributed by atoms with E-state index in [1.165, 1.54) is 37.5 Å². The average molecular weight is 515 g/mol. The zero-order valence-electron chi connectivity index (χ0n) is 19.5. The first-order valence-electron chi connectivity index (χ1n) is 11.0. The van der Waals surface area contributed by atoms with Crippen LogP contribution < -0.4 is 20.9 Å². The van der Waals surface area contributed by atoms with Gasteiger partial charge in [-0.15, -0.1) is 0 Å². The summed E-state index contributed by atoms with van der Waals surface area (Å²) in [6.07, 6.45) is 3.08. The van der Waals surface area contributed by atoms with Crippen LogP contribution in [0.2, 0.25) is 5.02 Å². The van der Waals surface area contributed by atoms with Crippen LogP contribution in [0.4, 0.5) is 31.9 Å². The van der Waals surface area contributed by atoms with Crippen molar-refractivity contribution < 1.29 is 18.4 Å². The summed E-state index contributed by atoms with van der Waals surface area (Å²) in [5.74, 6) is -0.726. The van der Waals surface area contributed by atoms with Crippen molar-refractivity contribution in [1.29, 1.82) is 0 Å². The summed E-state index contributed by atoms with van der Waals surface area (Å²) in [4.78, 5) is 33.6. The highest BCUT2D eigenvalue weighted by Crippen LogP contribution is 2.26. The number of benzene rings is 2. The summed E-state index contributed by atoms with van der Waals surface area (Å²) in [6, 6.07) is 10.6. The third-order valence-corrected chi connectivity index (χ3v) is 5.36. The number of amides is 2. The zero-order valence-corrected chi connectivity index (χ0v) is 20.3. The Morgan fingerprint density at radius 1 is 1.19 bits per heavy atom. The van der Waals surface area contributed by atoms with Crippen LogP contribution in [0, 0.1) is 5.82 Å². The third-order valence-electron chi connectivity index (χ3n) is 5.09. The molecule has 0 saturated heterocycles. The van der Waals surface area contributed by atoms with Crippen molar-refractivity contribution in [3.05, 3.63) is 83.3 Å². The highest BCUT2D eigenvalue weighted by atomic mass is 35.5. The Kier molecular flexibility index (Phi) is 9.29. The highest BCUT2D eigenvalue weighted by Gasteiger charge is 2.14. The van der Waals surface area contributed by atoms with Crippen LogP contribution in [0.25, 0.3) is 0 Å². The Morgan fingerprint density at radius 3 is 2.75 bits per heavy atom. The van der Waals surface area contributed by atoms with Gasteiger partial charge in [0.25, 0.3) is 5.91 Å². The molecule has 0 aliphatic carbocycles. The van der Waals surface area contributed by atoms with Crippen molar-refractivity contribution in [1.82, 2.24) is 15.3 Å². The van der Waals surface area contributed by atoms with Gasteiger partial charge in [-0.1, -0.05) is 30.3 Å². The second-order valence-corrected chi connectivity index (χ2v) is 8.06. The van der Waals surface area contributed by atoms with Crippen LogP contribution in [0.3, 0.4) is 0 Å². The lowest BCUT2D eigenvalue weighted by molar-refractivity contribution is -0.113. The zero-order chi connectivity index (χ0) is 26.1. The van der Waals surface area contributed by atoms with E-state index < -0.39 is 18.4 Å². The second kappa shape index (κ2) is 12.6. The van der Waals surface area contributed by atoms with Crippen LogP contribution >= 0.6 is 11.6 Å². The lowest BCUT2D eigenvalue weighted by Gasteiger charge is -2.17. The molecule has 3 rings (SSSR count). The molecule has 2 aromatic carbocycles. The molecule has 1 heterocycles. The Morgan fingerprint density at radius 2 is 2.00 bits per heavy atom. The molecule has 3 N–H and O–H groups in total. The van der Waals surface area contributed by atoms with Gasteiger partial charge in [-0.2, -0.15) is 4.98 Å². The number of hydrogen-bond acceptors (Lipinski definition) is 6. The van der Waals surface area contributed by atoms with Crippen molar-refractivity contribution in [3.8, 4) is 0 Å². The van der Waals surface area contributed by atoms with Crippen molar-refractivity contribution >= 4 is 46.6 Å². The maximum atomic E-state index is 14.2. The molecule has 0 aliphatic rings. The summed E-state index contributed by atoms with van der Waals surface area (Å²) in [5.41, 5.74) is 1.37.